The third-order valence-corrected chi connectivity index (χ3v) is 3.72. The lowest BCUT2D eigenvalue weighted by molar-refractivity contribution is 0.283. The summed E-state index contributed by atoms with van der Waals surface area (Å²) in [6, 6.07) is 2.09. The minimum atomic E-state index is 0.891. The van der Waals surface area contributed by atoms with Gasteiger partial charge in [0.2, 0.25) is 0 Å². The van der Waals surface area contributed by atoms with E-state index in [2.05, 4.69) is 30.1 Å². The van der Waals surface area contributed by atoms with Gasteiger partial charge in [0.25, 0.3) is 0 Å². The Kier molecular flexibility index (Phi) is 4.63. The van der Waals surface area contributed by atoms with Crippen molar-refractivity contribution >= 4 is 0 Å². The SMILES string of the molecule is CCNCc1ccoc1CN1CCC(CC)C1. The Labute approximate surface area is 104 Å². The Bertz CT molecular complexity index is 335. The molecule has 0 amide bonds. The summed E-state index contributed by atoms with van der Waals surface area (Å²) in [4.78, 5) is 2.52. The van der Waals surface area contributed by atoms with Gasteiger partial charge in [-0.1, -0.05) is 20.3 Å². The first-order valence-corrected chi connectivity index (χ1v) is 6.81. The normalized spacial score (nSPS) is 21.2. The van der Waals surface area contributed by atoms with Crippen LogP contribution < -0.4 is 5.32 Å². The molecule has 1 aliphatic heterocycles. The second kappa shape index (κ2) is 6.22. The van der Waals surface area contributed by atoms with Crippen molar-refractivity contribution in [3.8, 4) is 0 Å². The van der Waals surface area contributed by atoms with Gasteiger partial charge < -0.3 is 9.73 Å². The van der Waals surface area contributed by atoms with Crippen LogP contribution >= 0.6 is 0 Å². The van der Waals surface area contributed by atoms with Crippen molar-refractivity contribution in [3.63, 3.8) is 0 Å². The van der Waals surface area contributed by atoms with Crippen molar-refractivity contribution in [2.45, 2.75) is 39.8 Å². The fourth-order valence-electron chi connectivity index (χ4n) is 2.52. The maximum atomic E-state index is 5.61. The fraction of sp³-hybridized carbons (Fsp3) is 0.714. The minimum absolute atomic E-state index is 0.891. The quantitative estimate of drug-likeness (QED) is 0.823. The van der Waals surface area contributed by atoms with Crippen LogP contribution in [0.4, 0.5) is 0 Å². The van der Waals surface area contributed by atoms with Crippen molar-refractivity contribution in [1.29, 1.82) is 0 Å². The maximum absolute atomic E-state index is 5.61. The number of nitrogens with zero attached hydrogens (tertiary/aromatic N) is 1. The van der Waals surface area contributed by atoms with Gasteiger partial charge in [0.15, 0.2) is 0 Å². The zero-order valence-electron chi connectivity index (χ0n) is 11.0. The molecule has 0 aliphatic carbocycles. The Hall–Kier alpha value is -0.800. The molecule has 96 valence electrons. The molecular weight excluding hydrogens is 212 g/mol. The van der Waals surface area contributed by atoms with E-state index in [1.165, 1.54) is 31.5 Å². The van der Waals surface area contributed by atoms with Crippen molar-refractivity contribution in [3.05, 3.63) is 23.7 Å². The minimum Gasteiger partial charge on any atom is -0.468 e. The predicted octanol–water partition coefficient (Wildman–Crippen LogP) is 2.62. The molecule has 1 aromatic heterocycles. The highest BCUT2D eigenvalue weighted by Crippen LogP contribution is 2.22. The Morgan fingerprint density at radius 1 is 1.47 bits per heavy atom. The van der Waals surface area contributed by atoms with Gasteiger partial charge in [-0.3, -0.25) is 4.90 Å². The van der Waals surface area contributed by atoms with Gasteiger partial charge in [-0.2, -0.15) is 0 Å². The molecule has 1 fully saturated rings. The molecule has 1 saturated heterocycles. The second-order valence-corrected chi connectivity index (χ2v) is 4.95. The first-order valence-electron chi connectivity index (χ1n) is 6.81. The smallest absolute Gasteiger partial charge is 0.122 e. The Balaban J connectivity index is 1.88. The summed E-state index contributed by atoms with van der Waals surface area (Å²) in [5, 5.41) is 3.36. The lowest BCUT2D eigenvalue weighted by Gasteiger charge is -2.15. The topological polar surface area (TPSA) is 28.4 Å². The van der Waals surface area contributed by atoms with E-state index >= 15 is 0 Å². The molecule has 0 saturated carbocycles. The summed E-state index contributed by atoms with van der Waals surface area (Å²) >= 11 is 0. The van der Waals surface area contributed by atoms with Gasteiger partial charge in [-0.25, -0.2) is 0 Å². The Morgan fingerprint density at radius 2 is 2.35 bits per heavy atom. The van der Waals surface area contributed by atoms with Crippen molar-refractivity contribution in [2.24, 2.45) is 5.92 Å². The Morgan fingerprint density at radius 3 is 3.06 bits per heavy atom. The first-order chi connectivity index (χ1) is 8.33. The predicted molar refractivity (Wildman–Crippen MR) is 69.8 cm³/mol. The number of nitrogens with one attached hydrogen (secondary N) is 1. The molecule has 1 atom stereocenters. The highest BCUT2D eigenvalue weighted by Gasteiger charge is 2.22. The largest absolute Gasteiger partial charge is 0.468 e. The number of furan rings is 1. The zero-order chi connectivity index (χ0) is 12.1. The molecule has 0 bridgehead atoms. The van der Waals surface area contributed by atoms with Crippen LogP contribution in [0.25, 0.3) is 0 Å². The molecule has 1 aromatic rings. The summed E-state index contributed by atoms with van der Waals surface area (Å²) in [6.07, 6.45) is 4.47. The van der Waals surface area contributed by atoms with Crippen LogP contribution in [-0.4, -0.2) is 24.5 Å². The van der Waals surface area contributed by atoms with E-state index in [0.29, 0.717) is 0 Å². The molecule has 1 N–H and O–H groups in total. The zero-order valence-corrected chi connectivity index (χ0v) is 11.0. The summed E-state index contributed by atoms with van der Waals surface area (Å²) in [5.74, 6) is 2.03. The van der Waals surface area contributed by atoms with E-state index in [1.54, 1.807) is 0 Å². The van der Waals surface area contributed by atoms with Crippen LogP contribution in [0.2, 0.25) is 0 Å². The summed E-state index contributed by atoms with van der Waals surface area (Å²) in [6.45, 7) is 9.78. The van der Waals surface area contributed by atoms with E-state index in [9.17, 15) is 0 Å². The van der Waals surface area contributed by atoms with Gasteiger partial charge >= 0.3 is 0 Å². The average molecular weight is 236 g/mol. The van der Waals surface area contributed by atoms with Crippen molar-refractivity contribution in [1.82, 2.24) is 10.2 Å². The molecule has 0 radical (unpaired) electrons. The highest BCUT2D eigenvalue weighted by atomic mass is 16.3. The molecule has 0 aromatic carbocycles. The van der Waals surface area contributed by atoms with Crippen molar-refractivity contribution in [2.75, 3.05) is 19.6 Å². The fourth-order valence-corrected chi connectivity index (χ4v) is 2.52. The van der Waals surface area contributed by atoms with Crippen molar-refractivity contribution < 1.29 is 4.42 Å². The van der Waals surface area contributed by atoms with Gasteiger partial charge in [-0.05, 0) is 31.5 Å². The molecule has 3 heteroatoms. The number of rotatable bonds is 6. The molecular formula is C14H24N2O. The van der Waals surface area contributed by atoms with Crippen LogP contribution in [0.3, 0.4) is 0 Å². The first kappa shape index (κ1) is 12.7. The van der Waals surface area contributed by atoms with Crippen LogP contribution in [-0.2, 0) is 13.1 Å². The number of likely N-dealkylation sites (tertiary alicyclic amines) is 1. The molecule has 1 aliphatic rings. The second-order valence-electron chi connectivity index (χ2n) is 4.95. The third kappa shape index (κ3) is 3.33. The number of hydrogen-bond donors (Lipinski definition) is 1. The molecule has 0 spiro atoms. The van der Waals surface area contributed by atoms with Gasteiger partial charge in [0.05, 0.1) is 12.8 Å². The highest BCUT2D eigenvalue weighted by molar-refractivity contribution is 5.16. The third-order valence-electron chi connectivity index (χ3n) is 3.72. The molecule has 2 heterocycles. The van der Waals surface area contributed by atoms with Crippen LogP contribution in [0.1, 0.15) is 38.0 Å². The molecule has 1 unspecified atom stereocenters. The van der Waals surface area contributed by atoms with Gasteiger partial charge in [0.1, 0.15) is 5.76 Å². The molecule has 17 heavy (non-hydrogen) atoms. The molecule has 3 nitrogen and oxygen atoms in total. The standard InChI is InChI=1S/C14H24N2O/c1-3-12-5-7-16(10-12)11-14-13(6-8-17-14)9-15-4-2/h6,8,12,15H,3-5,7,9-11H2,1-2H3. The monoisotopic (exact) mass is 236 g/mol. The maximum Gasteiger partial charge on any atom is 0.122 e. The summed E-state index contributed by atoms with van der Waals surface area (Å²) in [7, 11) is 0. The lowest BCUT2D eigenvalue weighted by Crippen LogP contribution is -2.21. The van der Waals surface area contributed by atoms with Gasteiger partial charge in [-0.15, -0.1) is 0 Å². The average Bonchev–Trinajstić information content (AvgIpc) is 2.96. The lowest BCUT2D eigenvalue weighted by atomic mass is 10.1. The van der Waals surface area contributed by atoms with Crippen LogP contribution in [0.5, 0.6) is 0 Å². The van der Waals surface area contributed by atoms with E-state index < -0.39 is 0 Å². The van der Waals surface area contributed by atoms with E-state index in [4.69, 9.17) is 4.42 Å². The van der Waals surface area contributed by atoms with Crippen LogP contribution in [0, 0.1) is 5.92 Å². The summed E-state index contributed by atoms with van der Waals surface area (Å²) < 4.78 is 5.61. The van der Waals surface area contributed by atoms with Gasteiger partial charge in [0, 0.05) is 18.7 Å². The van der Waals surface area contributed by atoms with Crippen LogP contribution in [0.15, 0.2) is 16.7 Å². The van der Waals surface area contributed by atoms with E-state index in [-0.39, 0.29) is 0 Å². The number of hydrogen-bond acceptors (Lipinski definition) is 3. The summed E-state index contributed by atoms with van der Waals surface area (Å²) in [5.41, 5.74) is 1.31. The molecule has 2 rings (SSSR count). The van der Waals surface area contributed by atoms with E-state index in [0.717, 1.165) is 31.3 Å². The van der Waals surface area contributed by atoms with E-state index in [1.807, 2.05) is 6.26 Å².